The summed E-state index contributed by atoms with van der Waals surface area (Å²) in [5.41, 5.74) is 9.28. The highest BCUT2D eigenvalue weighted by atomic mass is 16.7. The topological polar surface area (TPSA) is 102 Å². The summed E-state index contributed by atoms with van der Waals surface area (Å²) in [4.78, 5) is 17.7. The van der Waals surface area contributed by atoms with Crippen molar-refractivity contribution in [2.75, 3.05) is 48.9 Å². The predicted molar refractivity (Wildman–Crippen MR) is 119 cm³/mol. The third-order valence-electron chi connectivity index (χ3n) is 5.54. The fraction of sp³-hybridized carbons (Fsp3) is 0.318. The SMILES string of the molecule is Cc1ccnc(Nc2ncnc(N3CCN(Cc4ccc5c(c4)OCO5)CC3)c2N)c1. The van der Waals surface area contributed by atoms with Gasteiger partial charge in [-0.25, -0.2) is 15.0 Å². The van der Waals surface area contributed by atoms with E-state index in [4.69, 9.17) is 15.2 Å². The van der Waals surface area contributed by atoms with Crippen LogP contribution < -0.4 is 25.4 Å². The summed E-state index contributed by atoms with van der Waals surface area (Å²) in [6.45, 7) is 6.71. The summed E-state index contributed by atoms with van der Waals surface area (Å²) in [5, 5.41) is 3.21. The van der Waals surface area contributed by atoms with Gasteiger partial charge >= 0.3 is 0 Å². The van der Waals surface area contributed by atoms with Gasteiger partial charge in [-0.15, -0.1) is 0 Å². The maximum Gasteiger partial charge on any atom is 0.231 e. The van der Waals surface area contributed by atoms with Crippen molar-refractivity contribution in [3.8, 4) is 11.5 Å². The molecule has 9 nitrogen and oxygen atoms in total. The molecule has 2 aliphatic heterocycles. The molecule has 0 saturated carbocycles. The fourth-order valence-electron chi connectivity index (χ4n) is 3.88. The third kappa shape index (κ3) is 4.17. The van der Waals surface area contributed by atoms with Crippen LogP contribution in [0.2, 0.25) is 0 Å². The molecule has 3 N–H and O–H groups in total. The molecule has 160 valence electrons. The summed E-state index contributed by atoms with van der Waals surface area (Å²) in [6, 6.07) is 10.0. The van der Waals surface area contributed by atoms with Crippen LogP contribution in [0, 0.1) is 6.92 Å². The summed E-state index contributed by atoms with van der Waals surface area (Å²) in [7, 11) is 0. The molecular weight excluding hydrogens is 394 g/mol. The van der Waals surface area contributed by atoms with Crippen molar-refractivity contribution in [1.82, 2.24) is 19.9 Å². The largest absolute Gasteiger partial charge is 0.454 e. The van der Waals surface area contributed by atoms with Crippen LogP contribution >= 0.6 is 0 Å². The zero-order valence-electron chi connectivity index (χ0n) is 17.4. The molecule has 3 aromatic rings. The van der Waals surface area contributed by atoms with Gasteiger partial charge in [0.25, 0.3) is 0 Å². The Bertz CT molecular complexity index is 1080. The number of pyridine rings is 1. The molecule has 0 unspecified atom stereocenters. The number of nitrogens with one attached hydrogen (secondary N) is 1. The van der Waals surface area contributed by atoms with Gasteiger partial charge in [0.1, 0.15) is 17.8 Å². The number of piperazine rings is 1. The van der Waals surface area contributed by atoms with E-state index in [2.05, 4.69) is 42.2 Å². The minimum Gasteiger partial charge on any atom is -0.454 e. The van der Waals surface area contributed by atoms with Gasteiger partial charge in [-0.05, 0) is 42.3 Å². The molecule has 0 bridgehead atoms. The van der Waals surface area contributed by atoms with Crippen LogP contribution in [0.5, 0.6) is 11.5 Å². The molecule has 0 aliphatic carbocycles. The number of nitrogen functional groups attached to an aromatic ring is 1. The highest BCUT2D eigenvalue weighted by Gasteiger charge is 2.22. The lowest BCUT2D eigenvalue weighted by atomic mass is 10.1. The number of aromatic nitrogens is 3. The number of hydrogen-bond donors (Lipinski definition) is 2. The molecule has 0 amide bonds. The Kier molecular flexibility index (Phi) is 5.17. The molecule has 5 rings (SSSR count). The average Bonchev–Trinajstić information content (AvgIpc) is 3.24. The first-order chi connectivity index (χ1) is 15.2. The third-order valence-corrected chi connectivity index (χ3v) is 5.54. The Labute approximate surface area is 180 Å². The van der Waals surface area contributed by atoms with E-state index in [1.165, 1.54) is 5.56 Å². The molecule has 2 aliphatic rings. The summed E-state index contributed by atoms with van der Waals surface area (Å²) < 4.78 is 10.9. The van der Waals surface area contributed by atoms with Crippen LogP contribution in [0.25, 0.3) is 0 Å². The van der Waals surface area contributed by atoms with Gasteiger partial charge in [0, 0.05) is 38.9 Å². The lowest BCUT2D eigenvalue weighted by molar-refractivity contribution is 0.174. The number of anilines is 4. The Morgan fingerprint density at radius 2 is 1.84 bits per heavy atom. The van der Waals surface area contributed by atoms with Crippen LogP contribution in [0.1, 0.15) is 11.1 Å². The van der Waals surface area contributed by atoms with Crippen LogP contribution in [0.4, 0.5) is 23.1 Å². The normalized spacial score (nSPS) is 15.8. The van der Waals surface area contributed by atoms with Crippen molar-refractivity contribution in [3.05, 3.63) is 54.0 Å². The molecule has 9 heteroatoms. The maximum absolute atomic E-state index is 6.41. The van der Waals surface area contributed by atoms with E-state index < -0.39 is 0 Å². The van der Waals surface area contributed by atoms with Gasteiger partial charge in [0.15, 0.2) is 23.1 Å². The van der Waals surface area contributed by atoms with Crippen molar-refractivity contribution in [2.24, 2.45) is 0 Å². The second kappa shape index (κ2) is 8.27. The maximum atomic E-state index is 6.41. The lowest BCUT2D eigenvalue weighted by Gasteiger charge is -2.36. The summed E-state index contributed by atoms with van der Waals surface area (Å²) >= 11 is 0. The molecular formula is C22H25N7O2. The average molecular weight is 419 g/mol. The molecule has 0 radical (unpaired) electrons. The van der Waals surface area contributed by atoms with E-state index in [0.29, 0.717) is 24.1 Å². The van der Waals surface area contributed by atoms with Gasteiger partial charge in [-0.2, -0.15) is 0 Å². The van der Waals surface area contributed by atoms with E-state index in [1.54, 1.807) is 12.5 Å². The second-order valence-electron chi connectivity index (χ2n) is 7.75. The molecule has 1 aromatic carbocycles. The Hall–Kier alpha value is -3.59. The van der Waals surface area contributed by atoms with Crippen LogP contribution in [0.3, 0.4) is 0 Å². The number of fused-ring (bicyclic) bond motifs is 1. The van der Waals surface area contributed by atoms with Gasteiger partial charge in [0.05, 0.1) is 0 Å². The first-order valence-electron chi connectivity index (χ1n) is 10.3. The molecule has 4 heterocycles. The number of ether oxygens (including phenoxy) is 2. The first kappa shape index (κ1) is 19.4. The van der Waals surface area contributed by atoms with Gasteiger partial charge in [0.2, 0.25) is 6.79 Å². The van der Waals surface area contributed by atoms with Crippen molar-refractivity contribution >= 4 is 23.1 Å². The minimum atomic E-state index is 0.300. The van der Waals surface area contributed by atoms with Crippen molar-refractivity contribution in [1.29, 1.82) is 0 Å². The van der Waals surface area contributed by atoms with Crippen molar-refractivity contribution in [3.63, 3.8) is 0 Å². The van der Waals surface area contributed by atoms with Crippen LogP contribution in [-0.4, -0.2) is 52.8 Å². The van der Waals surface area contributed by atoms with Crippen LogP contribution in [0.15, 0.2) is 42.9 Å². The number of aryl methyl sites for hydroxylation is 1. The van der Waals surface area contributed by atoms with Gasteiger partial charge in [-0.3, -0.25) is 4.90 Å². The Morgan fingerprint density at radius 1 is 1.00 bits per heavy atom. The van der Waals surface area contributed by atoms with E-state index in [-0.39, 0.29) is 0 Å². The highest BCUT2D eigenvalue weighted by Crippen LogP contribution is 2.33. The number of nitrogens with two attached hydrogens (primary N) is 1. The summed E-state index contributed by atoms with van der Waals surface area (Å²) in [6.07, 6.45) is 3.30. The molecule has 2 aromatic heterocycles. The number of benzene rings is 1. The fourth-order valence-corrected chi connectivity index (χ4v) is 3.88. The molecule has 0 atom stereocenters. The second-order valence-corrected chi connectivity index (χ2v) is 7.75. The number of nitrogens with zero attached hydrogens (tertiary/aromatic N) is 5. The van der Waals surface area contributed by atoms with Crippen molar-refractivity contribution < 1.29 is 9.47 Å². The predicted octanol–water partition coefficient (Wildman–Crippen LogP) is 2.56. The van der Waals surface area contributed by atoms with E-state index in [9.17, 15) is 0 Å². The first-order valence-corrected chi connectivity index (χ1v) is 10.3. The quantitative estimate of drug-likeness (QED) is 0.646. The summed E-state index contributed by atoms with van der Waals surface area (Å²) in [5.74, 6) is 3.69. The molecule has 1 fully saturated rings. The Balaban J connectivity index is 1.23. The van der Waals surface area contributed by atoms with Gasteiger partial charge < -0.3 is 25.4 Å². The monoisotopic (exact) mass is 419 g/mol. The number of hydrogen-bond acceptors (Lipinski definition) is 9. The van der Waals surface area contributed by atoms with E-state index in [1.807, 2.05) is 25.1 Å². The smallest absolute Gasteiger partial charge is 0.231 e. The standard InChI is InChI=1S/C22H25N7O2/c1-15-4-5-24-19(10-15)27-21-20(23)22(26-13-25-21)29-8-6-28(7-9-29)12-16-2-3-17-18(11-16)31-14-30-17/h2-5,10-11,13H,6-9,12,14,23H2,1H3,(H,24,25,26,27). The minimum absolute atomic E-state index is 0.300. The van der Waals surface area contributed by atoms with Crippen molar-refractivity contribution in [2.45, 2.75) is 13.5 Å². The lowest BCUT2D eigenvalue weighted by Crippen LogP contribution is -2.46. The van der Waals surface area contributed by atoms with E-state index >= 15 is 0 Å². The Morgan fingerprint density at radius 3 is 2.68 bits per heavy atom. The molecule has 31 heavy (non-hydrogen) atoms. The zero-order chi connectivity index (χ0) is 21.2. The molecule has 0 spiro atoms. The number of rotatable bonds is 5. The zero-order valence-corrected chi connectivity index (χ0v) is 17.4. The highest BCUT2D eigenvalue weighted by molar-refractivity contribution is 5.77. The van der Waals surface area contributed by atoms with Gasteiger partial charge in [-0.1, -0.05) is 6.07 Å². The van der Waals surface area contributed by atoms with Crippen LogP contribution in [-0.2, 0) is 6.54 Å². The molecule has 1 saturated heterocycles. The van der Waals surface area contributed by atoms with E-state index in [0.717, 1.165) is 55.6 Å².